The van der Waals surface area contributed by atoms with Crippen LogP contribution < -0.4 is 15.5 Å². The van der Waals surface area contributed by atoms with Crippen LogP contribution in [0.1, 0.15) is 22.4 Å². The van der Waals surface area contributed by atoms with Crippen LogP contribution in [0, 0.1) is 6.92 Å². The molecule has 0 saturated heterocycles. The van der Waals surface area contributed by atoms with Crippen LogP contribution >= 0.6 is 0 Å². The second-order valence-corrected chi connectivity index (χ2v) is 8.18. The highest BCUT2D eigenvalue weighted by molar-refractivity contribution is 6.01. The Balaban J connectivity index is 1.36. The van der Waals surface area contributed by atoms with E-state index in [-0.39, 0.29) is 18.9 Å². The fourth-order valence-corrected chi connectivity index (χ4v) is 3.97. The molecule has 2 N–H and O–H groups in total. The van der Waals surface area contributed by atoms with E-state index in [1.165, 1.54) is 5.56 Å². The van der Waals surface area contributed by atoms with Crippen molar-refractivity contribution in [2.24, 2.45) is 5.10 Å². The van der Waals surface area contributed by atoms with Crippen molar-refractivity contribution in [1.82, 2.24) is 15.3 Å². The number of para-hydroxylation sites is 1. The van der Waals surface area contributed by atoms with Crippen molar-refractivity contribution in [2.75, 3.05) is 13.7 Å². The Labute approximate surface area is 204 Å². The minimum absolute atomic E-state index is 0.152. The number of aromatic nitrogens is 1. The van der Waals surface area contributed by atoms with Crippen LogP contribution in [0.15, 0.2) is 84.0 Å². The Morgan fingerprint density at radius 1 is 0.914 bits per heavy atom. The van der Waals surface area contributed by atoms with Gasteiger partial charge in [0.15, 0.2) is 0 Å². The van der Waals surface area contributed by atoms with Crippen LogP contribution in [-0.2, 0) is 22.6 Å². The number of nitrogens with one attached hydrogen (secondary N) is 2. The number of benzene rings is 3. The van der Waals surface area contributed by atoms with Gasteiger partial charge < -0.3 is 14.6 Å². The van der Waals surface area contributed by atoms with Crippen molar-refractivity contribution in [3.05, 3.63) is 101 Å². The first-order valence-electron chi connectivity index (χ1n) is 11.4. The predicted octanol–water partition coefficient (Wildman–Crippen LogP) is 3.82. The summed E-state index contributed by atoms with van der Waals surface area (Å²) in [6, 6.07) is 25.6. The number of hydrazone groups is 1. The lowest BCUT2D eigenvalue weighted by atomic mass is 10.1. The molecule has 4 rings (SSSR count). The minimum Gasteiger partial charge on any atom is -0.497 e. The van der Waals surface area contributed by atoms with E-state index in [9.17, 15) is 9.59 Å². The Hall–Kier alpha value is -4.39. The molecule has 35 heavy (non-hydrogen) atoms. The zero-order valence-corrected chi connectivity index (χ0v) is 19.8. The molecule has 3 aromatic carbocycles. The number of rotatable bonds is 9. The average Bonchev–Trinajstić information content (AvgIpc) is 3.14. The average molecular weight is 469 g/mol. The number of nitrogens with zero attached hydrogens (tertiary/aromatic N) is 2. The van der Waals surface area contributed by atoms with Gasteiger partial charge in [0.05, 0.1) is 26.3 Å². The molecular weight excluding hydrogens is 440 g/mol. The van der Waals surface area contributed by atoms with Crippen molar-refractivity contribution in [3.8, 4) is 5.75 Å². The van der Waals surface area contributed by atoms with E-state index < -0.39 is 5.91 Å². The Bertz CT molecular complexity index is 1340. The molecule has 0 spiro atoms. The van der Waals surface area contributed by atoms with E-state index in [1.807, 2.05) is 55.5 Å². The van der Waals surface area contributed by atoms with E-state index in [1.54, 1.807) is 25.5 Å². The summed E-state index contributed by atoms with van der Waals surface area (Å²) in [4.78, 5) is 24.4. The number of carbonyl (C=O) groups is 2. The number of hydrogen-bond acceptors (Lipinski definition) is 4. The van der Waals surface area contributed by atoms with Crippen molar-refractivity contribution in [1.29, 1.82) is 0 Å². The molecular formula is C28H28N4O3. The quantitative estimate of drug-likeness (QED) is 0.289. The van der Waals surface area contributed by atoms with Gasteiger partial charge in [0.2, 0.25) is 5.91 Å². The zero-order valence-electron chi connectivity index (χ0n) is 19.8. The molecule has 7 nitrogen and oxygen atoms in total. The van der Waals surface area contributed by atoms with E-state index in [0.717, 1.165) is 40.0 Å². The Morgan fingerprint density at radius 2 is 1.63 bits per heavy atom. The Kier molecular flexibility index (Phi) is 7.57. The van der Waals surface area contributed by atoms with Crippen molar-refractivity contribution < 1.29 is 14.3 Å². The fraction of sp³-hybridized carbons (Fsp3) is 0.179. The molecule has 0 saturated carbocycles. The third kappa shape index (κ3) is 5.95. The van der Waals surface area contributed by atoms with Crippen LogP contribution in [0.2, 0.25) is 0 Å². The summed E-state index contributed by atoms with van der Waals surface area (Å²) in [6.45, 7) is 2.64. The first-order chi connectivity index (χ1) is 17.0. The van der Waals surface area contributed by atoms with E-state index in [4.69, 9.17) is 4.74 Å². The van der Waals surface area contributed by atoms with Crippen LogP contribution in [0.25, 0.3) is 10.9 Å². The first-order valence-corrected chi connectivity index (χ1v) is 11.4. The van der Waals surface area contributed by atoms with Gasteiger partial charge in [-0.1, -0.05) is 60.7 Å². The number of methoxy groups -OCH3 is 1. The standard InChI is InChI=1S/C28H28N4O3/c1-20-25(24-10-6-7-11-26(24)32(20)19-22-8-4-3-5-9-22)17-30-31-28(34)18-29-27(33)16-21-12-14-23(35-2)15-13-21/h3-15,17H,16,18-19H2,1-2H3,(H,29,33)(H,31,34)/b30-17+. The third-order valence-electron chi connectivity index (χ3n) is 5.82. The second-order valence-electron chi connectivity index (χ2n) is 8.18. The molecule has 1 aromatic heterocycles. The van der Waals surface area contributed by atoms with Gasteiger partial charge in [-0.05, 0) is 36.2 Å². The van der Waals surface area contributed by atoms with Crippen molar-refractivity contribution in [3.63, 3.8) is 0 Å². The van der Waals surface area contributed by atoms with Gasteiger partial charge >= 0.3 is 0 Å². The van der Waals surface area contributed by atoms with Crippen LogP contribution in [-0.4, -0.2) is 36.3 Å². The Morgan fingerprint density at radius 3 is 2.37 bits per heavy atom. The number of carbonyl (C=O) groups excluding carboxylic acids is 2. The van der Waals surface area contributed by atoms with Crippen LogP contribution in [0.4, 0.5) is 0 Å². The lowest BCUT2D eigenvalue weighted by molar-refractivity contribution is -0.125. The lowest BCUT2D eigenvalue weighted by Crippen LogP contribution is -2.35. The molecule has 1 heterocycles. The topological polar surface area (TPSA) is 84.7 Å². The molecule has 0 aliphatic carbocycles. The van der Waals surface area contributed by atoms with Crippen LogP contribution in [0.5, 0.6) is 5.75 Å². The van der Waals surface area contributed by atoms with Gasteiger partial charge in [-0.25, -0.2) is 5.43 Å². The van der Waals surface area contributed by atoms with Gasteiger partial charge in [-0.15, -0.1) is 0 Å². The third-order valence-corrected chi connectivity index (χ3v) is 5.82. The summed E-state index contributed by atoms with van der Waals surface area (Å²) in [5.41, 5.74) is 7.66. The highest BCUT2D eigenvalue weighted by atomic mass is 16.5. The molecule has 0 fully saturated rings. The molecule has 0 radical (unpaired) electrons. The molecule has 0 unspecified atom stereocenters. The van der Waals surface area contributed by atoms with Crippen molar-refractivity contribution in [2.45, 2.75) is 19.9 Å². The second kappa shape index (κ2) is 11.2. The molecule has 0 atom stereocenters. The number of fused-ring (bicyclic) bond motifs is 1. The SMILES string of the molecule is COc1ccc(CC(=O)NCC(=O)N/N=C/c2c(C)n(Cc3ccccc3)c3ccccc23)cc1. The van der Waals surface area contributed by atoms with Crippen LogP contribution in [0.3, 0.4) is 0 Å². The normalized spacial score (nSPS) is 11.0. The number of amides is 2. The van der Waals surface area contributed by atoms with Gasteiger partial charge in [0, 0.05) is 28.7 Å². The smallest absolute Gasteiger partial charge is 0.259 e. The minimum atomic E-state index is -0.394. The highest BCUT2D eigenvalue weighted by Gasteiger charge is 2.13. The summed E-state index contributed by atoms with van der Waals surface area (Å²) < 4.78 is 7.36. The summed E-state index contributed by atoms with van der Waals surface area (Å²) in [7, 11) is 1.59. The largest absolute Gasteiger partial charge is 0.497 e. The van der Waals surface area contributed by atoms with Gasteiger partial charge in [-0.2, -0.15) is 5.10 Å². The van der Waals surface area contributed by atoms with E-state index in [0.29, 0.717) is 0 Å². The van der Waals surface area contributed by atoms with Crippen molar-refractivity contribution >= 4 is 28.9 Å². The molecule has 2 amide bonds. The molecule has 0 bridgehead atoms. The summed E-state index contributed by atoms with van der Waals surface area (Å²) in [5, 5.41) is 7.83. The maximum absolute atomic E-state index is 12.2. The number of ether oxygens (including phenoxy) is 1. The maximum atomic E-state index is 12.2. The van der Waals surface area contributed by atoms with Gasteiger partial charge in [0.25, 0.3) is 5.91 Å². The fourth-order valence-electron chi connectivity index (χ4n) is 3.97. The molecule has 7 heteroatoms. The monoisotopic (exact) mass is 468 g/mol. The highest BCUT2D eigenvalue weighted by Crippen LogP contribution is 2.25. The first kappa shape index (κ1) is 23.8. The molecule has 0 aliphatic heterocycles. The predicted molar refractivity (Wildman–Crippen MR) is 138 cm³/mol. The summed E-state index contributed by atoms with van der Waals surface area (Å²) >= 11 is 0. The van der Waals surface area contributed by atoms with Gasteiger partial charge in [0.1, 0.15) is 5.75 Å². The number of hydrogen-bond donors (Lipinski definition) is 2. The van der Waals surface area contributed by atoms with E-state index in [2.05, 4.69) is 38.6 Å². The summed E-state index contributed by atoms with van der Waals surface area (Å²) in [5.74, 6) is 0.0916. The van der Waals surface area contributed by atoms with E-state index >= 15 is 0 Å². The molecule has 4 aromatic rings. The van der Waals surface area contributed by atoms with Gasteiger partial charge in [-0.3, -0.25) is 9.59 Å². The maximum Gasteiger partial charge on any atom is 0.259 e. The molecule has 0 aliphatic rings. The summed E-state index contributed by atoms with van der Waals surface area (Å²) in [6.07, 6.45) is 1.84. The zero-order chi connectivity index (χ0) is 24.6. The molecule has 178 valence electrons. The lowest BCUT2D eigenvalue weighted by Gasteiger charge is -2.08.